The number of nitriles is 1. The van der Waals surface area contributed by atoms with E-state index in [2.05, 4.69) is 27.3 Å². The maximum absolute atomic E-state index is 8.91. The smallest absolute Gasteiger partial charge is 0.0992 e. The average Bonchev–Trinajstić information content (AvgIpc) is 2.33. The molecule has 0 heterocycles. The standard InChI is InChI=1S/C14H10BrClN2/c1-9-2-3-12(7-14(9)16)18-13-5-10(8-17)4-11(15)6-13/h2-7,18H,1H3. The van der Waals surface area contributed by atoms with Crippen LogP contribution in [-0.2, 0) is 0 Å². The van der Waals surface area contributed by atoms with Gasteiger partial charge in [0.25, 0.3) is 0 Å². The van der Waals surface area contributed by atoms with Crippen LogP contribution in [-0.4, -0.2) is 0 Å². The van der Waals surface area contributed by atoms with Crippen LogP contribution in [0.2, 0.25) is 5.02 Å². The molecule has 4 heteroatoms. The fourth-order valence-corrected chi connectivity index (χ4v) is 2.24. The first kappa shape index (κ1) is 12.9. The maximum Gasteiger partial charge on any atom is 0.0992 e. The largest absolute Gasteiger partial charge is 0.355 e. The van der Waals surface area contributed by atoms with Crippen LogP contribution in [0, 0.1) is 18.3 Å². The molecule has 0 fully saturated rings. The van der Waals surface area contributed by atoms with E-state index in [0.29, 0.717) is 5.56 Å². The van der Waals surface area contributed by atoms with Gasteiger partial charge in [-0.05, 0) is 42.8 Å². The first-order valence-electron chi connectivity index (χ1n) is 5.32. The van der Waals surface area contributed by atoms with Gasteiger partial charge < -0.3 is 5.32 Å². The normalized spacial score (nSPS) is 9.89. The van der Waals surface area contributed by atoms with Crippen molar-refractivity contribution in [3.05, 3.63) is 57.0 Å². The molecule has 0 aliphatic rings. The van der Waals surface area contributed by atoms with Gasteiger partial charge in [-0.3, -0.25) is 0 Å². The number of halogens is 2. The van der Waals surface area contributed by atoms with E-state index in [0.717, 1.165) is 26.4 Å². The van der Waals surface area contributed by atoms with Crippen LogP contribution >= 0.6 is 27.5 Å². The minimum absolute atomic E-state index is 0.602. The fraction of sp³-hybridized carbons (Fsp3) is 0.0714. The molecule has 0 amide bonds. The van der Waals surface area contributed by atoms with Crippen LogP contribution in [0.1, 0.15) is 11.1 Å². The molecule has 0 bridgehead atoms. The van der Waals surface area contributed by atoms with Crippen LogP contribution in [0.5, 0.6) is 0 Å². The summed E-state index contributed by atoms with van der Waals surface area (Å²) in [5.74, 6) is 0. The number of hydrogen-bond acceptors (Lipinski definition) is 2. The second-order valence-electron chi connectivity index (χ2n) is 3.93. The van der Waals surface area contributed by atoms with Crippen molar-refractivity contribution in [2.45, 2.75) is 6.92 Å². The Morgan fingerprint density at radius 2 is 1.94 bits per heavy atom. The lowest BCUT2D eigenvalue weighted by molar-refractivity contribution is 1.44. The lowest BCUT2D eigenvalue weighted by Crippen LogP contribution is -1.91. The number of nitrogens with zero attached hydrogens (tertiary/aromatic N) is 1. The van der Waals surface area contributed by atoms with Crippen molar-refractivity contribution in [1.82, 2.24) is 0 Å². The van der Waals surface area contributed by atoms with Gasteiger partial charge in [0, 0.05) is 20.9 Å². The van der Waals surface area contributed by atoms with E-state index in [-0.39, 0.29) is 0 Å². The van der Waals surface area contributed by atoms with Gasteiger partial charge in [-0.1, -0.05) is 33.6 Å². The predicted octanol–water partition coefficient (Wildman–Crippen LogP) is 5.03. The number of anilines is 2. The van der Waals surface area contributed by atoms with Crippen molar-refractivity contribution in [1.29, 1.82) is 5.26 Å². The summed E-state index contributed by atoms with van der Waals surface area (Å²) in [6.07, 6.45) is 0. The van der Waals surface area contributed by atoms with Gasteiger partial charge in [-0.15, -0.1) is 0 Å². The van der Waals surface area contributed by atoms with Gasteiger partial charge >= 0.3 is 0 Å². The minimum Gasteiger partial charge on any atom is -0.355 e. The van der Waals surface area contributed by atoms with Crippen molar-refractivity contribution in [2.24, 2.45) is 0 Å². The summed E-state index contributed by atoms with van der Waals surface area (Å²) in [4.78, 5) is 0. The second-order valence-corrected chi connectivity index (χ2v) is 5.25. The Kier molecular flexibility index (Phi) is 3.90. The molecule has 2 aromatic carbocycles. The summed E-state index contributed by atoms with van der Waals surface area (Å²) >= 11 is 9.44. The monoisotopic (exact) mass is 320 g/mol. The summed E-state index contributed by atoms with van der Waals surface area (Å²) in [6, 6.07) is 13.4. The molecule has 2 rings (SSSR count). The number of nitrogens with one attached hydrogen (secondary N) is 1. The Labute approximate surface area is 119 Å². The molecule has 90 valence electrons. The van der Waals surface area contributed by atoms with Crippen LogP contribution in [0.3, 0.4) is 0 Å². The molecule has 0 saturated carbocycles. The molecule has 0 spiro atoms. The van der Waals surface area contributed by atoms with Gasteiger partial charge in [0.1, 0.15) is 0 Å². The van der Waals surface area contributed by atoms with Crippen LogP contribution < -0.4 is 5.32 Å². The molecule has 2 nitrogen and oxygen atoms in total. The topological polar surface area (TPSA) is 35.8 Å². The van der Waals surface area contributed by atoms with E-state index in [1.54, 1.807) is 12.1 Å². The highest BCUT2D eigenvalue weighted by atomic mass is 79.9. The van der Waals surface area contributed by atoms with Gasteiger partial charge in [-0.25, -0.2) is 0 Å². The molecule has 0 radical (unpaired) electrons. The van der Waals surface area contributed by atoms with Crippen molar-refractivity contribution >= 4 is 38.9 Å². The Balaban J connectivity index is 2.31. The lowest BCUT2D eigenvalue weighted by Gasteiger charge is -2.09. The highest BCUT2D eigenvalue weighted by molar-refractivity contribution is 9.10. The molecule has 2 aromatic rings. The Morgan fingerprint density at radius 3 is 2.61 bits per heavy atom. The summed E-state index contributed by atoms with van der Waals surface area (Å²) in [6.45, 7) is 1.96. The zero-order valence-corrected chi connectivity index (χ0v) is 12.0. The third-order valence-corrected chi connectivity index (χ3v) is 3.35. The van der Waals surface area contributed by atoms with Crippen LogP contribution in [0.4, 0.5) is 11.4 Å². The van der Waals surface area contributed by atoms with Gasteiger partial charge in [0.2, 0.25) is 0 Å². The van der Waals surface area contributed by atoms with Crippen LogP contribution in [0.25, 0.3) is 0 Å². The highest BCUT2D eigenvalue weighted by Crippen LogP contribution is 2.25. The fourth-order valence-electron chi connectivity index (χ4n) is 1.56. The van der Waals surface area contributed by atoms with Crippen molar-refractivity contribution in [2.75, 3.05) is 5.32 Å². The van der Waals surface area contributed by atoms with E-state index >= 15 is 0 Å². The van der Waals surface area contributed by atoms with Gasteiger partial charge in [-0.2, -0.15) is 5.26 Å². The molecule has 0 aromatic heterocycles. The zero-order valence-electron chi connectivity index (χ0n) is 9.67. The molecule has 1 N–H and O–H groups in total. The Hall–Kier alpha value is -1.50. The molecule has 0 aliphatic carbocycles. The number of aryl methyl sites for hydroxylation is 1. The summed E-state index contributed by atoms with van der Waals surface area (Å²) in [5.41, 5.74) is 3.38. The molecule has 18 heavy (non-hydrogen) atoms. The number of benzene rings is 2. The van der Waals surface area contributed by atoms with Crippen molar-refractivity contribution in [3.8, 4) is 6.07 Å². The molecular formula is C14H10BrClN2. The van der Waals surface area contributed by atoms with E-state index in [1.807, 2.05) is 31.2 Å². The second kappa shape index (κ2) is 5.43. The third-order valence-electron chi connectivity index (χ3n) is 2.49. The molecule has 0 aliphatic heterocycles. The Morgan fingerprint density at radius 1 is 1.17 bits per heavy atom. The maximum atomic E-state index is 8.91. The average molecular weight is 322 g/mol. The predicted molar refractivity (Wildman–Crippen MR) is 78.3 cm³/mol. The summed E-state index contributed by atoms with van der Waals surface area (Å²) in [7, 11) is 0. The van der Waals surface area contributed by atoms with Crippen molar-refractivity contribution < 1.29 is 0 Å². The number of hydrogen-bond donors (Lipinski definition) is 1. The number of rotatable bonds is 2. The highest BCUT2D eigenvalue weighted by Gasteiger charge is 2.01. The minimum atomic E-state index is 0.602. The lowest BCUT2D eigenvalue weighted by atomic mass is 10.2. The van der Waals surface area contributed by atoms with Crippen molar-refractivity contribution in [3.63, 3.8) is 0 Å². The van der Waals surface area contributed by atoms with Crippen LogP contribution in [0.15, 0.2) is 40.9 Å². The molecular weight excluding hydrogens is 312 g/mol. The van der Waals surface area contributed by atoms with Gasteiger partial charge in [0.05, 0.1) is 11.6 Å². The first-order chi connectivity index (χ1) is 8.58. The first-order valence-corrected chi connectivity index (χ1v) is 6.49. The summed E-state index contributed by atoms with van der Waals surface area (Å²) in [5, 5.41) is 12.9. The van der Waals surface area contributed by atoms with E-state index < -0.39 is 0 Å². The zero-order chi connectivity index (χ0) is 13.1. The molecule has 0 atom stereocenters. The van der Waals surface area contributed by atoms with E-state index in [4.69, 9.17) is 16.9 Å². The van der Waals surface area contributed by atoms with E-state index in [1.165, 1.54) is 0 Å². The van der Waals surface area contributed by atoms with E-state index in [9.17, 15) is 0 Å². The molecule has 0 unspecified atom stereocenters. The molecule has 0 saturated heterocycles. The van der Waals surface area contributed by atoms with Gasteiger partial charge in [0.15, 0.2) is 0 Å². The quantitative estimate of drug-likeness (QED) is 0.842. The Bertz CT molecular complexity index is 632. The SMILES string of the molecule is Cc1ccc(Nc2cc(Br)cc(C#N)c2)cc1Cl. The summed E-state index contributed by atoms with van der Waals surface area (Å²) < 4.78 is 0.863. The third kappa shape index (κ3) is 3.04.